The molecule has 0 aliphatic rings. The minimum atomic E-state index is -1.27. The van der Waals surface area contributed by atoms with E-state index in [0.717, 1.165) is 18.3 Å². The van der Waals surface area contributed by atoms with Gasteiger partial charge in [0.1, 0.15) is 5.82 Å². The van der Waals surface area contributed by atoms with Crippen LogP contribution in [0.3, 0.4) is 0 Å². The predicted octanol–water partition coefficient (Wildman–Crippen LogP) is 3.20. The summed E-state index contributed by atoms with van der Waals surface area (Å²) in [5.74, 6) is -3.53. The van der Waals surface area contributed by atoms with Gasteiger partial charge in [-0.15, -0.1) is 0 Å². The highest BCUT2D eigenvalue weighted by atomic mass is 35.5. The average Bonchev–Trinajstić information content (AvgIpc) is 2.39. The van der Waals surface area contributed by atoms with Crippen molar-refractivity contribution in [2.24, 2.45) is 10.9 Å². The van der Waals surface area contributed by atoms with Gasteiger partial charge in [0.25, 0.3) is 0 Å². The number of hydrogen-bond donors (Lipinski definition) is 0. The van der Waals surface area contributed by atoms with Gasteiger partial charge < -0.3 is 4.74 Å². The van der Waals surface area contributed by atoms with Crippen molar-refractivity contribution in [1.82, 2.24) is 0 Å². The van der Waals surface area contributed by atoms with E-state index in [2.05, 4.69) is 4.99 Å². The van der Waals surface area contributed by atoms with Crippen molar-refractivity contribution in [1.29, 1.82) is 0 Å². The molecule has 0 fully saturated rings. The van der Waals surface area contributed by atoms with Crippen molar-refractivity contribution < 1.29 is 18.7 Å². The van der Waals surface area contributed by atoms with Gasteiger partial charge in [-0.1, -0.05) is 23.2 Å². The number of esters is 1. The van der Waals surface area contributed by atoms with Crippen LogP contribution in [0.15, 0.2) is 17.1 Å². The minimum absolute atomic E-state index is 0.0415. The molecule has 0 bridgehead atoms. The number of ketones is 1. The summed E-state index contributed by atoms with van der Waals surface area (Å²) in [5.41, 5.74) is -0.147. The van der Waals surface area contributed by atoms with Gasteiger partial charge in [-0.25, -0.2) is 4.39 Å². The molecule has 1 atom stereocenters. The van der Waals surface area contributed by atoms with Crippen molar-refractivity contribution in [3.63, 3.8) is 0 Å². The first-order valence-electron chi connectivity index (χ1n) is 5.70. The number of carbonyl (C=O) groups is 2. The van der Waals surface area contributed by atoms with Gasteiger partial charge in [-0.05, 0) is 19.1 Å². The van der Waals surface area contributed by atoms with Crippen LogP contribution in [0.2, 0.25) is 10.0 Å². The number of Topliss-reactive ketones (excluding diaryl/α,β-unsaturated/α-hetero) is 1. The number of benzene rings is 1. The maximum absolute atomic E-state index is 13.4. The first-order chi connectivity index (χ1) is 9.42. The Labute approximate surface area is 125 Å². The van der Waals surface area contributed by atoms with Crippen molar-refractivity contribution in [2.75, 3.05) is 13.7 Å². The second kappa shape index (κ2) is 7.36. The van der Waals surface area contributed by atoms with E-state index in [1.807, 2.05) is 0 Å². The number of carbonyl (C=O) groups excluding carboxylic acids is 2. The Morgan fingerprint density at radius 2 is 2.05 bits per heavy atom. The van der Waals surface area contributed by atoms with Gasteiger partial charge in [-0.3, -0.25) is 14.6 Å². The normalized spacial score (nSPS) is 12.4. The van der Waals surface area contributed by atoms with Crippen LogP contribution < -0.4 is 0 Å². The molecule has 20 heavy (non-hydrogen) atoms. The minimum Gasteiger partial charge on any atom is -0.465 e. The van der Waals surface area contributed by atoms with Crippen LogP contribution in [0.4, 0.5) is 4.39 Å². The second-order valence-electron chi connectivity index (χ2n) is 3.75. The Kier molecular flexibility index (Phi) is 6.10. The van der Waals surface area contributed by atoms with Crippen LogP contribution in [0, 0.1) is 11.7 Å². The summed E-state index contributed by atoms with van der Waals surface area (Å²) >= 11 is 11.4. The molecule has 1 aromatic rings. The Morgan fingerprint density at radius 3 is 2.60 bits per heavy atom. The van der Waals surface area contributed by atoms with E-state index in [-0.39, 0.29) is 22.2 Å². The Balaban J connectivity index is 3.19. The Bertz CT molecular complexity index is 561. The summed E-state index contributed by atoms with van der Waals surface area (Å²) in [6.07, 6.45) is 1.13. The van der Waals surface area contributed by atoms with Gasteiger partial charge in [-0.2, -0.15) is 0 Å². The van der Waals surface area contributed by atoms with E-state index in [4.69, 9.17) is 27.9 Å². The maximum atomic E-state index is 13.4. The zero-order valence-electron chi connectivity index (χ0n) is 10.8. The highest BCUT2D eigenvalue weighted by Crippen LogP contribution is 2.26. The van der Waals surface area contributed by atoms with Gasteiger partial charge >= 0.3 is 5.97 Å². The first kappa shape index (κ1) is 16.6. The predicted molar refractivity (Wildman–Crippen MR) is 75.3 cm³/mol. The van der Waals surface area contributed by atoms with Crippen LogP contribution in [-0.2, 0) is 9.53 Å². The molecule has 0 saturated heterocycles. The van der Waals surface area contributed by atoms with Crippen molar-refractivity contribution in [3.05, 3.63) is 33.6 Å². The standard InChI is InChI=1S/C13H12Cl2FNO3/c1-3-20-13(19)8(6-17-2)12(18)7-4-11(16)10(15)5-9(7)14/h4-6,8H,3H2,1-2H3. The van der Waals surface area contributed by atoms with Gasteiger partial charge in [0.15, 0.2) is 11.7 Å². The SMILES string of the molecule is CCOC(=O)C(C=NC)C(=O)c1cc(F)c(Cl)cc1Cl. The molecule has 0 aliphatic heterocycles. The molecule has 0 amide bonds. The van der Waals surface area contributed by atoms with E-state index >= 15 is 0 Å². The van der Waals surface area contributed by atoms with Crippen LogP contribution in [0.25, 0.3) is 0 Å². The van der Waals surface area contributed by atoms with Crippen molar-refractivity contribution >= 4 is 41.2 Å². The molecular weight excluding hydrogens is 308 g/mol. The third-order valence-corrected chi connectivity index (χ3v) is 3.00. The number of aliphatic imine (C=N–C) groups is 1. The zero-order valence-corrected chi connectivity index (χ0v) is 12.3. The maximum Gasteiger partial charge on any atom is 0.322 e. The fraction of sp³-hybridized carbons (Fsp3) is 0.308. The summed E-state index contributed by atoms with van der Waals surface area (Å²) in [6.45, 7) is 1.72. The lowest BCUT2D eigenvalue weighted by molar-refractivity contribution is -0.143. The summed E-state index contributed by atoms with van der Waals surface area (Å²) in [6, 6.07) is 2.00. The number of hydrogen-bond acceptors (Lipinski definition) is 4. The molecule has 1 rings (SSSR count). The van der Waals surface area contributed by atoms with E-state index in [1.54, 1.807) is 6.92 Å². The summed E-state index contributed by atoms with van der Waals surface area (Å²) < 4.78 is 18.2. The van der Waals surface area contributed by atoms with E-state index in [9.17, 15) is 14.0 Å². The Hall–Kier alpha value is -1.46. The largest absolute Gasteiger partial charge is 0.465 e. The molecule has 0 aliphatic carbocycles. The second-order valence-corrected chi connectivity index (χ2v) is 4.56. The molecule has 0 radical (unpaired) electrons. The van der Waals surface area contributed by atoms with E-state index in [1.165, 1.54) is 7.05 Å². The molecule has 4 nitrogen and oxygen atoms in total. The summed E-state index contributed by atoms with van der Waals surface area (Å²) in [7, 11) is 1.41. The molecule has 0 N–H and O–H groups in total. The lowest BCUT2D eigenvalue weighted by Crippen LogP contribution is -2.28. The monoisotopic (exact) mass is 319 g/mol. The van der Waals surface area contributed by atoms with Crippen LogP contribution >= 0.6 is 23.2 Å². The van der Waals surface area contributed by atoms with Crippen molar-refractivity contribution in [2.45, 2.75) is 6.92 Å². The lowest BCUT2D eigenvalue weighted by Gasteiger charge is -2.11. The molecule has 0 saturated carbocycles. The third kappa shape index (κ3) is 3.77. The Morgan fingerprint density at radius 1 is 1.40 bits per heavy atom. The molecule has 1 unspecified atom stereocenters. The summed E-state index contributed by atoms with van der Waals surface area (Å²) in [4.78, 5) is 27.6. The average molecular weight is 320 g/mol. The van der Waals surface area contributed by atoms with Crippen molar-refractivity contribution in [3.8, 4) is 0 Å². The molecular formula is C13H12Cl2FNO3. The molecule has 0 aromatic heterocycles. The number of nitrogens with zero attached hydrogens (tertiary/aromatic N) is 1. The van der Waals surface area contributed by atoms with Crippen LogP contribution in [0.5, 0.6) is 0 Å². The third-order valence-electron chi connectivity index (χ3n) is 2.40. The van der Waals surface area contributed by atoms with Gasteiger partial charge in [0.05, 0.1) is 16.7 Å². The molecule has 7 heteroatoms. The number of halogens is 3. The van der Waals surface area contributed by atoms with E-state index in [0.29, 0.717) is 0 Å². The highest BCUT2D eigenvalue weighted by molar-refractivity contribution is 6.37. The van der Waals surface area contributed by atoms with Crippen LogP contribution in [0.1, 0.15) is 17.3 Å². The van der Waals surface area contributed by atoms with Crippen LogP contribution in [-0.4, -0.2) is 31.6 Å². The molecule has 1 aromatic carbocycles. The lowest BCUT2D eigenvalue weighted by atomic mass is 9.98. The zero-order chi connectivity index (χ0) is 15.3. The number of rotatable bonds is 5. The molecule has 0 spiro atoms. The fourth-order valence-electron chi connectivity index (χ4n) is 1.50. The van der Waals surface area contributed by atoms with Gasteiger partial charge in [0, 0.05) is 18.8 Å². The fourth-order valence-corrected chi connectivity index (χ4v) is 1.97. The summed E-state index contributed by atoms with van der Waals surface area (Å²) in [5, 5.41) is -0.247. The molecule has 0 heterocycles. The first-order valence-corrected chi connectivity index (χ1v) is 6.45. The topological polar surface area (TPSA) is 55.7 Å². The smallest absolute Gasteiger partial charge is 0.322 e. The highest BCUT2D eigenvalue weighted by Gasteiger charge is 2.29. The molecule has 108 valence electrons. The number of ether oxygens (including phenoxy) is 1. The van der Waals surface area contributed by atoms with E-state index < -0.39 is 23.5 Å². The quantitative estimate of drug-likeness (QED) is 0.275. The van der Waals surface area contributed by atoms with Gasteiger partial charge in [0.2, 0.25) is 0 Å².